The first-order valence-corrected chi connectivity index (χ1v) is 8.42. The van der Waals surface area contributed by atoms with Crippen molar-refractivity contribution in [3.05, 3.63) is 59.3 Å². The van der Waals surface area contributed by atoms with E-state index in [-0.39, 0.29) is 17.2 Å². The number of aromatic nitrogens is 1. The molecule has 2 heterocycles. The molecule has 1 saturated heterocycles. The van der Waals surface area contributed by atoms with Gasteiger partial charge >= 0.3 is 0 Å². The molecule has 1 aromatic carbocycles. The summed E-state index contributed by atoms with van der Waals surface area (Å²) in [4.78, 5) is 26.3. The standard InChI is InChI=1S/C18H18N2O2S/c1-3-13(2)20-17(21)16(23-18(20)22)11-14-9-10-19(12-14)15-7-5-4-6-8-15/h4-13H,3H2,1-2H3/b16-11-. The normalized spacial score (nSPS) is 18.0. The molecule has 5 heteroatoms. The molecule has 23 heavy (non-hydrogen) atoms. The molecular weight excluding hydrogens is 308 g/mol. The molecule has 0 N–H and O–H groups in total. The molecule has 0 radical (unpaired) electrons. The molecule has 1 aromatic heterocycles. The van der Waals surface area contributed by atoms with Gasteiger partial charge in [0.05, 0.1) is 4.91 Å². The van der Waals surface area contributed by atoms with E-state index in [0.29, 0.717) is 4.91 Å². The lowest BCUT2D eigenvalue weighted by Crippen LogP contribution is -2.36. The fourth-order valence-electron chi connectivity index (χ4n) is 2.45. The highest BCUT2D eigenvalue weighted by Gasteiger charge is 2.37. The lowest BCUT2D eigenvalue weighted by Gasteiger charge is -2.19. The van der Waals surface area contributed by atoms with Gasteiger partial charge in [0.25, 0.3) is 11.1 Å². The Morgan fingerprint density at radius 1 is 1.17 bits per heavy atom. The van der Waals surface area contributed by atoms with Crippen LogP contribution in [-0.4, -0.2) is 26.7 Å². The van der Waals surface area contributed by atoms with E-state index >= 15 is 0 Å². The number of thioether (sulfide) groups is 1. The number of benzene rings is 1. The Morgan fingerprint density at radius 2 is 1.91 bits per heavy atom. The lowest BCUT2D eigenvalue weighted by molar-refractivity contribution is -0.124. The van der Waals surface area contributed by atoms with E-state index in [1.54, 1.807) is 6.08 Å². The topological polar surface area (TPSA) is 42.3 Å². The fourth-order valence-corrected chi connectivity index (χ4v) is 3.38. The van der Waals surface area contributed by atoms with Crippen molar-refractivity contribution >= 4 is 29.0 Å². The average Bonchev–Trinajstić information content (AvgIpc) is 3.13. The summed E-state index contributed by atoms with van der Waals surface area (Å²) < 4.78 is 1.99. The van der Waals surface area contributed by atoms with Crippen molar-refractivity contribution in [2.75, 3.05) is 0 Å². The van der Waals surface area contributed by atoms with Gasteiger partial charge in [0, 0.05) is 24.1 Å². The van der Waals surface area contributed by atoms with Gasteiger partial charge in [-0.3, -0.25) is 14.5 Å². The van der Waals surface area contributed by atoms with Gasteiger partial charge in [-0.05, 0) is 54.9 Å². The highest BCUT2D eigenvalue weighted by molar-refractivity contribution is 8.18. The van der Waals surface area contributed by atoms with Gasteiger partial charge in [-0.15, -0.1) is 0 Å². The molecule has 4 nitrogen and oxygen atoms in total. The monoisotopic (exact) mass is 326 g/mol. The minimum atomic E-state index is -0.193. The molecule has 2 amide bonds. The Labute approximate surface area is 139 Å². The van der Waals surface area contributed by atoms with Gasteiger partial charge < -0.3 is 4.57 Å². The van der Waals surface area contributed by atoms with Gasteiger partial charge in [0.15, 0.2) is 0 Å². The molecule has 3 rings (SSSR count). The van der Waals surface area contributed by atoms with Crippen LogP contribution in [0.1, 0.15) is 25.8 Å². The van der Waals surface area contributed by atoms with Crippen molar-refractivity contribution < 1.29 is 9.59 Å². The van der Waals surface area contributed by atoms with Crippen LogP contribution in [0.3, 0.4) is 0 Å². The molecule has 1 atom stereocenters. The van der Waals surface area contributed by atoms with Crippen LogP contribution in [-0.2, 0) is 4.79 Å². The number of rotatable bonds is 4. The summed E-state index contributed by atoms with van der Waals surface area (Å²) in [6.45, 7) is 3.86. The summed E-state index contributed by atoms with van der Waals surface area (Å²) in [6, 6.07) is 11.8. The first kappa shape index (κ1) is 15.6. The molecular formula is C18H18N2O2S. The first-order valence-electron chi connectivity index (χ1n) is 7.60. The third kappa shape index (κ3) is 3.10. The van der Waals surface area contributed by atoms with Crippen LogP contribution in [0, 0.1) is 0 Å². The van der Waals surface area contributed by atoms with Crippen molar-refractivity contribution in [3.63, 3.8) is 0 Å². The summed E-state index contributed by atoms with van der Waals surface area (Å²) in [5.41, 5.74) is 1.96. The first-order chi connectivity index (χ1) is 11.1. The predicted octanol–water partition coefficient (Wildman–Crippen LogP) is 4.31. The van der Waals surface area contributed by atoms with Gasteiger partial charge in [-0.1, -0.05) is 25.1 Å². The molecule has 1 fully saturated rings. The van der Waals surface area contributed by atoms with Crippen molar-refractivity contribution in [2.24, 2.45) is 0 Å². The van der Waals surface area contributed by atoms with E-state index in [2.05, 4.69) is 0 Å². The zero-order chi connectivity index (χ0) is 16.4. The Kier molecular flexibility index (Phi) is 4.39. The molecule has 1 unspecified atom stereocenters. The maximum atomic E-state index is 12.4. The van der Waals surface area contributed by atoms with E-state index in [4.69, 9.17) is 0 Å². The Morgan fingerprint density at radius 3 is 2.61 bits per heavy atom. The minimum Gasteiger partial charge on any atom is -0.323 e. The second-order valence-corrected chi connectivity index (χ2v) is 6.49. The van der Waals surface area contributed by atoms with Crippen LogP contribution in [0.5, 0.6) is 0 Å². The molecule has 0 aliphatic carbocycles. The molecule has 0 bridgehead atoms. The number of carbonyl (C=O) groups excluding carboxylic acids is 2. The van der Waals surface area contributed by atoms with Crippen LogP contribution >= 0.6 is 11.8 Å². The van der Waals surface area contributed by atoms with Crippen LogP contribution < -0.4 is 0 Å². The molecule has 1 aliphatic heterocycles. The van der Waals surface area contributed by atoms with Crippen molar-refractivity contribution in [1.82, 2.24) is 9.47 Å². The number of amides is 2. The van der Waals surface area contributed by atoms with E-state index in [1.165, 1.54) is 4.90 Å². The SMILES string of the molecule is CCC(C)N1C(=O)S/C(=C\c2ccn(-c3ccccc3)c2)C1=O. The van der Waals surface area contributed by atoms with Gasteiger partial charge in [-0.25, -0.2) is 0 Å². The number of imide groups is 1. The largest absolute Gasteiger partial charge is 0.323 e. The summed E-state index contributed by atoms with van der Waals surface area (Å²) in [5.74, 6) is -0.193. The molecule has 0 spiro atoms. The Hall–Kier alpha value is -2.27. The third-order valence-corrected chi connectivity index (χ3v) is 4.81. The second kappa shape index (κ2) is 6.46. The Balaban J connectivity index is 1.84. The number of hydrogen-bond donors (Lipinski definition) is 0. The van der Waals surface area contributed by atoms with Crippen LogP contribution in [0.4, 0.5) is 4.79 Å². The smallest absolute Gasteiger partial charge is 0.293 e. The number of para-hydroxylation sites is 1. The van der Waals surface area contributed by atoms with Gasteiger partial charge in [-0.2, -0.15) is 0 Å². The minimum absolute atomic E-state index is 0.0673. The van der Waals surface area contributed by atoms with Crippen molar-refractivity contribution in [2.45, 2.75) is 26.3 Å². The maximum Gasteiger partial charge on any atom is 0.293 e. The van der Waals surface area contributed by atoms with E-state index < -0.39 is 0 Å². The summed E-state index contributed by atoms with van der Waals surface area (Å²) in [6.07, 6.45) is 6.44. The number of hydrogen-bond acceptors (Lipinski definition) is 3. The third-order valence-electron chi connectivity index (χ3n) is 3.92. The molecule has 1 aliphatic rings. The van der Waals surface area contributed by atoms with Gasteiger partial charge in [0.1, 0.15) is 0 Å². The molecule has 0 saturated carbocycles. The maximum absolute atomic E-state index is 12.4. The highest BCUT2D eigenvalue weighted by atomic mass is 32.2. The predicted molar refractivity (Wildman–Crippen MR) is 93.3 cm³/mol. The summed E-state index contributed by atoms with van der Waals surface area (Å²) in [5, 5.41) is -0.182. The zero-order valence-corrected chi connectivity index (χ0v) is 13.9. The van der Waals surface area contributed by atoms with E-state index in [9.17, 15) is 9.59 Å². The quantitative estimate of drug-likeness (QED) is 0.786. The highest BCUT2D eigenvalue weighted by Crippen LogP contribution is 2.34. The van der Waals surface area contributed by atoms with Crippen LogP contribution in [0.25, 0.3) is 11.8 Å². The van der Waals surface area contributed by atoms with Gasteiger partial charge in [0.2, 0.25) is 0 Å². The van der Waals surface area contributed by atoms with Crippen molar-refractivity contribution in [3.8, 4) is 5.69 Å². The number of carbonyl (C=O) groups is 2. The van der Waals surface area contributed by atoms with Crippen LogP contribution in [0.2, 0.25) is 0 Å². The van der Waals surface area contributed by atoms with E-state index in [0.717, 1.165) is 29.4 Å². The fraction of sp³-hybridized carbons (Fsp3) is 0.222. The summed E-state index contributed by atoms with van der Waals surface area (Å²) in [7, 11) is 0. The van der Waals surface area contributed by atoms with E-state index in [1.807, 2.05) is 67.2 Å². The average molecular weight is 326 g/mol. The zero-order valence-electron chi connectivity index (χ0n) is 13.1. The summed E-state index contributed by atoms with van der Waals surface area (Å²) >= 11 is 1.01. The van der Waals surface area contributed by atoms with Crippen molar-refractivity contribution in [1.29, 1.82) is 0 Å². The number of nitrogens with zero attached hydrogens (tertiary/aromatic N) is 2. The molecule has 118 valence electrons. The molecule has 2 aromatic rings. The second-order valence-electron chi connectivity index (χ2n) is 5.50. The lowest BCUT2D eigenvalue weighted by atomic mass is 10.2. The Bertz CT molecular complexity index is 764. The van der Waals surface area contributed by atoms with Crippen LogP contribution in [0.15, 0.2) is 53.7 Å².